The van der Waals surface area contributed by atoms with E-state index >= 15 is 0 Å². The molecule has 11 heteroatoms. The molecule has 0 aliphatic carbocycles. The molecule has 3 unspecified atom stereocenters. The molecule has 30 heavy (non-hydrogen) atoms. The number of carbonyl (C=O) groups is 2. The molecular weight excluding hydrogens is 432 g/mol. The SMILES string of the molecule is O=C(CCCCC1SCC2NC(=O)NC21)NCCc1ccc(OP(O)O)c(CF)c1. The molecule has 2 fully saturated rings. The van der Waals surface area contributed by atoms with E-state index in [9.17, 15) is 14.0 Å². The maximum absolute atomic E-state index is 13.1. The average Bonchev–Trinajstić information content (AvgIpc) is 3.25. The van der Waals surface area contributed by atoms with Crippen LogP contribution in [0.3, 0.4) is 0 Å². The summed E-state index contributed by atoms with van der Waals surface area (Å²) in [5.74, 6) is 1.04. The van der Waals surface area contributed by atoms with Crippen molar-refractivity contribution in [2.75, 3.05) is 12.3 Å². The van der Waals surface area contributed by atoms with Crippen LogP contribution < -0.4 is 20.5 Å². The lowest BCUT2D eigenvalue weighted by atomic mass is 10.0. The number of unbranched alkanes of at least 4 members (excludes halogenated alkanes) is 1. The third-order valence-electron chi connectivity index (χ3n) is 5.27. The summed E-state index contributed by atoms with van der Waals surface area (Å²) >= 11 is 1.87. The molecule has 3 amide bonds. The predicted octanol–water partition coefficient (Wildman–Crippen LogP) is 2.13. The zero-order chi connectivity index (χ0) is 21.5. The van der Waals surface area contributed by atoms with Gasteiger partial charge in [0.2, 0.25) is 5.91 Å². The number of rotatable bonds is 11. The second-order valence-corrected chi connectivity index (χ2v) is 9.35. The summed E-state index contributed by atoms with van der Waals surface area (Å²) in [7, 11) is -2.59. The fourth-order valence-electron chi connectivity index (χ4n) is 3.78. The molecule has 2 aliphatic heterocycles. The smallest absolute Gasteiger partial charge is 0.391 e. The van der Waals surface area contributed by atoms with Crippen LogP contribution in [-0.4, -0.2) is 51.4 Å². The van der Waals surface area contributed by atoms with Crippen molar-refractivity contribution in [1.82, 2.24) is 16.0 Å². The predicted molar refractivity (Wildman–Crippen MR) is 114 cm³/mol. The molecule has 2 saturated heterocycles. The first-order valence-corrected chi connectivity index (χ1v) is 12.2. The number of halogens is 1. The fraction of sp³-hybridized carbons (Fsp3) is 0.579. The zero-order valence-corrected chi connectivity index (χ0v) is 18.2. The highest BCUT2D eigenvalue weighted by atomic mass is 32.2. The number of fused-ring (bicyclic) bond motifs is 1. The van der Waals surface area contributed by atoms with Gasteiger partial charge in [-0.05, 0) is 37.0 Å². The Morgan fingerprint density at radius 2 is 2.17 bits per heavy atom. The van der Waals surface area contributed by atoms with Crippen molar-refractivity contribution in [3.05, 3.63) is 29.3 Å². The van der Waals surface area contributed by atoms with Crippen LogP contribution in [0.5, 0.6) is 5.75 Å². The normalized spacial score (nSPS) is 22.5. The van der Waals surface area contributed by atoms with Crippen LogP contribution in [0.25, 0.3) is 0 Å². The molecule has 3 rings (SSSR count). The molecule has 0 saturated carbocycles. The molecular formula is C19H27FN3O5PS. The van der Waals surface area contributed by atoms with Gasteiger partial charge in [0.05, 0.1) is 12.1 Å². The third kappa shape index (κ3) is 6.44. The number of carbonyl (C=O) groups excluding carboxylic acids is 2. The van der Waals surface area contributed by atoms with Crippen molar-refractivity contribution >= 4 is 32.3 Å². The molecule has 166 valence electrons. The number of amides is 3. The van der Waals surface area contributed by atoms with Crippen LogP contribution in [0.1, 0.15) is 36.8 Å². The average molecular weight is 459 g/mol. The quantitative estimate of drug-likeness (QED) is 0.197. The van der Waals surface area contributed by atoms with Gasteiger partial charge in [0.1, 0.15) is 12.4 Å². The Morgan fingerprint density at radius 3 is 2.93 bits per heavy atom. The van der Waals surface area contributed by atoms with Gasteiger partial charge in [-0.3, -0.25) is 4.79 Å². The van der Waals surface area contributed by atoms with Crippen molar-refractivity contribution in [2.45, 2.75) is 56.1 Å². The van der Waals surface area contributed by atoms with Crippen molar-refractivity contribution in [3.63, 3.8) is 0 Å². The van der Waals surface area contributed by atoms with Gasteiger partial charge in [0.25, 0.3) is 0 Å². The Hall–Kier alpha value is -1.61. The van der Waals surface area contributed by atoms with Crippen molar-refractivity contribution in [2.24, 2.45) is 0 Å². The first-order valence-electron chi connectivity index (χ1n) is 9.95. The second-order valence-electron chi connectivity index (χ2n) is 7.39. The van der Waals surface area contributed by atoms with Gasteiger partial charge in [-0.2, -0.15) is 11.8 Å². The van der Waals surface area contributed by atoms with E-state index in [0.29, 0.717) is 24.6 Å². The lowest BCUT2D eigenvalue weighted by Crippen LogP contribution is -2.36. The Balaban J connectivity index is 1.31. The minimum Gasteiger partial charge on any atom is -0.427 e. The number of benzene rings is 1. The number of urea groups is 1. The molecule has 0 spiro atoms. The van der Waals surface area contributed by atoms with E-state index in [0.717, 1.165) is 30.6 Å². The summed E-state index contributed by atoms with van der Waals surface area (Å²) in [6, 6.07) is 5.16. The summed E-state index contributed by atoms with van der Waals surface area (Å²) in [5.41, 5.74) is 1.07. The second kappa shape index (κ2) is 11.1. The van der Waals surface area contributed by atoms with Crippen LogP contribution in [-0.2, 0) is 17.9 Å². The van der Waals surface area contributed by atoms with Gasteiger partial charge >= 0.3 is 14.6 Å². The van der Waals surface area contributed by atoms with E-state index in [1.807, 2.05) is 11.8 Å². The van der Waals surface area contributed by atoms with Crippen molar-refractivity contribution in [1.29, 1.82) is 0 Å². The molecule has 5 N–H and O–H groups in total. The van der Waals surface area contributed by atoms with Gasteiger partial charge in [-0.1, -0.05) is 12.5 Å². The van der Waals surface area contributed by atoms with Crippen LogP contribution in [0.15, 0.2) is 18.2 Å². The minimum absolute atomic E-state index is 0.0142. The van der Waals surface area contributed by atoms with E-state index < -0.39 is 15.3 Å². The van der Waals surface area contributed by atoms with Crippen molar-refractivity contribution < 1.29 is 28.3 Å². The molecule has 1 aromatic carbocycles. The van der Waals surface area contributed by atoms with Gasteiger partial charge in [0.15, 0.2) is 0 Å². The number of hydrogen-bond donors (Lipinski definition) is 5. The Kier molecular flexibility index (Phi) is 8.56. The molecule has 2 heterocycles. The molecule has 0 bridgehead atoms. The summed E-state index contributed by atoms with van der Waals surface area (Å²) in [5, 5.41) is 9.18. The van der Waals surface area contributed by atoms with Crippen LogP contribution >= 0.6 is 20.4 Å². The number of hydrogen-bond acceptors (Lipinski definition) is 6. The van der Waals surface area contributed by atoms with Crippen LogP contribution in [0.4, 0.5) is 9.18 Å². The lowest BCUT2D eigenvalue weighted by molar-refractivity contribution is -0.121. The molecule has 1 aromatic rings. The van der Waals surface area contributed by atoms with Gasteiger partial charge < -0.3 is 30.3 Å². The molecule has 8 nitrogen and oxygen atoms in total. The van der Waals surface area contributed by atoms with E-state index in [2.05, 4.69) is 16.0 Å². The van der Waals surface area contributed by atoms with E-state index in [4.69, 9.17) is 14.3 Å². The third-order valence-corrected chi connectivity index (χ3v) is 7.13. The van der Waals surface area contributed by atoms with Gasteiger partial charge in [-0.25, -0.2) is 9.18 Å². The van der Waals surface area contributed by atoms with Gasteiger partial charge in [0, 0.05) is 29.5 Å². The largest absolute Gasteiger partial charge is 0.427 e. The number of alkyl halides is 1. The molecule has 0 aromatic heterocycles. The van der Waals surface area contributed by atoms with E-state index in [1.54, 1.807) is 12.1 Å². The molecule has 2 aliphatic rings. The first kappa shape index (κ1) is 23.1. The van der Waals surface area contributed by atoms with Gasteiger partial charge in [-0.15, -0.1) is 0 Å². The number of thioether (sulfide) groups is 1. The topological polar surface area (TPSA) is 120 Å². The van der Waals surface area contributed by atoms with Crippen LogP contribution in [0.2, 0.25) is 0 Å². The Morgan fingerprint density at radius 1 is 1.33 bits per heavy atom. The van der Waals surface area contributed by atoms with Crippen LogP contribution in [0, 0.1) is 0 Å². The highest BCUT2D eigenvalue weighted by Crippen LogP contribution is 2.33. The fourth-order valence-corrected chi connectivity index (χ4v) is 5.68. The summed E-state index contributed by atoms with van der Waals surface area (Å²) in [6.45, 7) is -0.337. The summed E-state index contributed by atoms with van der Waals surface area (Å²) in [4.78, 5) is 41.2. The maximum atomic E-state index is 13.1. The Bertz CT molecular complexity index is 757. The zero-order valence-electron chi connectivity index (χ0n) is 16.5. The Labute approximate surface area is 180 Å². The monoisotopic (exact) mass is 459 g/mol. The minimum atomic E-state index is -2.59. The van der Waals surface area contributed by atoms with E-state index in [1.165, 1.54) is 6.07 Å². The molecule has 3 atom stereocenters. The summed E-state index contributed by atoms with van der Waals surface area (Å²) in [6.07, 6.45) is 3.70. The number of nitrogens with one attached hydrogen (secondary N) is 3. The van der Waals surface area contributed by atoms with Crippen molar-refractivity contribution in [3.8, 4) is 5.75 Å². The standard InChI is InChI=1S/C19H27FN3O5PS/c20-10-13-9-12(5-6-15(13)28-29(26)27)7-8-21-17(24)4-2-1-3-16-18-14(11-30-16)22-19(25)23-18/h5-6,9,14,16,18,26-27H,1-4,7-8,10-11H2,(H,21,24)(H2,22,23,25). The maximum Gasteiger partial charge on any atom is 0.391 e. The highest BCUT2D eigenvalue weighted by Gasteiger charge is 2.42. The first-order chi connectivity index (χ1) is 14.5. The highest BCUT2D eigenvalue weighted by molar-refractivity contribution is 8.00. The van der Waals surface area contributed by atoms with E-state index in [-0.39, 0.29) is 35.3 Å². The lowest BCUT2D eigenvalue weighted by Gasteiger charge is -2.16. The molecule has 0 radical (unpaired) electrons. The summed E-state index contributed by atoms with van der Waals surface area (Å²) < 4.78 is 17.9.